The Balaban J connectivity index is 1.42. The van der Waals surface area contributed by atoms with Crippen LogP contribution in [0.5, 0.6) is 11.5 Å². The standard InChI is InChI=1S/C21H16ClNO4S/c1-28-16-5-4-14-9-15(21(22)23-17(14)10-16)11-25-20(24)7-3-13-2-6-18-19(8-13)27-12-26-18/h2-10H,11-12H2,1H3/b7-3+. The number of carbonyl (C=O) groups excluding carboxylic acids is 1. The second kappa shape index (κ2) is 8.12. The molecule has 2 heterocycles. The predicted molar refractivity (Wildman–Crippen MR) is 110 cm³/mol. The molecule has 0 aliphatic carbocycles. The molecule has 7 heteroatoms. The van der Waals surface area contributed by atoms with Gasteiger partial charge in [0.05, 0.1) is 5.52 Å². The van der Waals surface area contributed by atoms with E-state index < -0.39 is 5.97 Å². The molecular weight excluding hydrogens is 398 g/mol. The Bertz CT molecular complexity index is 1080. The van der Waals surface area contributed by atoms with Gasteiger partial charge in [0.15, 0.2) is 11.5 Å². The monoisotopic (exact) mass is 413 g/mol. The first-order valence-corrected chi connectivity index (χ1v) is 10.1. The predicted octanol–water partition coefficient (Wildman–Crippen LogP) is 5.10. The smallest absolute Gasteiger partial charge is 0.331 e. The number of hydrogen-bond donors (Lipinski definition) is 0. The average Bonchev–Trinajstić information content (AvgIpc) is 3.18. The van der Waals surface area contributed by atoms with Gasteiger partial charge in [0.1, 0.15) is 11.8 Å². The lowest BCUT2D eigenvalue weighted by atomic mass is 10.1. The highest BCUT2D eigenvalue weighted by Gasteiger charge is 2.12. The van der Waals surface area contributed by atoms with Crippen LogP contribution >= 0.6 is 23.4 Å². The minimum absolute atomic E-state index is 0.0519. The highest BCUT2D eigenvalue weighted by molar-refractivity contribution is 7.98. The van der Waals surface area contributed by atoms with Crippen molar-refractivity contribution >= 4 is 46.3 Å². The first-order chi connectivity index (χ1) is 13.6. The van der Waals surface area contributed by atoms with Crippen LogP contribution in [-0.4, -0.2) is 24.0 Å². The minimum Gasteiger partial charge on any atom is -0.458 e. The van der Waals surface area contributed by atoms with E-state index in [9.17, 15) is 4.79 Å². The van der Waals surface area contributed by atoms with Crippen molar-refractivity contribution in [2.45, 2.75) is 11.5 Å². The maximum absolute atomic E-state index is 12.1. The Labute approximate surface area is 171 Å². The zero-order chi connectivity index (χ0) is 19.5. The summed E-state index contributed by atoms with van der Waals surface area (Å²) in [4.78, 5) is 17.6. The van der Waals surface area contributed by atoms with Crippen LogP contribution in [0.3, 0.4) is 0 Å². The average molecular weight is 414 g/mol. The summed E-state index contributed by atoms with van der Waals surface area (Å²) in [5, 5.41) is 1.28. The van der Waals surface area contributed by atoms with Crippen LogP contribution < -0.4 is 9.47 Å². The van der Waals surface area contributed by atoms with E-state index in [1.54, 1.807) is 30.0 Å². The molecule has 0 radical (unpaired) electrons. The minimum atomic E-state index is -0.466. The van der Waals surface area contributed by atoms with Crippen molar-refractivity contribution in [3.63, 3.8) is 0 Å². The van der Waals surface area contributed by atoms with Crippen molar-refractivity contribution in [3.8, 4) is 11.5 Å². The molecular formula is C21H16ClNO4S. The van der Waals surface area contributed by atoms with Gasteiger partial charge in [0.2, 0.25) is 6.79 Å². The number of halogens is 1. The lowest BCUT2D eigenvalue weighted by Crippen LogP contribution is -2.02. The van der Waals surface area contributed by atoms with Crippen molar-refractivity contribution in [1.29, 1.82) is 0 Å². The first kappa shape index (κ1) is 18.7. The van der Waals surface area contributed by atoms with E-state index in [4.69, 9.17) is 25.8 Å². The summed E-state index contributed by atoms with van der Waals surface area (Å²) in [6.45, 7) is 0.264. The third-order valence-corrected chi connectivity index (χ3v) is 5.28. The van der Waals surface area contributed by atoms with E-state index >= 15 is 0 Å². The van der Waals surface area contributed by atoms with Crippen LogP contribution in [0.15, 0.2) is 53.4 Å². The quantitative estimate of drug-likeness (QED) is 0.251. The fourth-order valence-electron chi connectivity index (χ4n) is 2.77. The highest BCUT2D eigenvalue weighted by Crippen LogP contribution is 2.32. The van der Waals surface area contributed by atoms with Crippen molar-refractivity contribution in [2.24, 2.45) is 0 Å². The molecule has 1 aromatic heterocycles. The van der Waals surface area contributed by atoms with E-state index in [0.717, 1.165) is 21.4 Å². The molecule has 3 aromatic rings. The molecule has 0 atom stereocenters. The zero-order valence-corrected chi connectivity index (χ0v) is 16.5. The number of fused-ring (bicyclic) bond motifs is 2. The van der Waals surface area contributed by atoms with E-state index in [1.807, 2.05) is 36.6 Å². The van der Waals surface area contributed by atoms with Crippen molar-refractivity contribution in [2.75, 3.05) is 13.0 Å². The number of carbonyl (C=O) groups is 1. The summed E-state index contributed by atoms with van der Waals surface area (Å²) in [5.41, 5.74) is 2.29. The van der Waals surface area contributed by atoms with E-state index in [2.05, 4.69) is 4.98 Å². The SMILES string of the molecule is CSc1ccc2cc(COC(=O)/C=C/c3ccc4c(c3)OCO4)c(Cl)nc2c1. The molecule has 0 fully saturated rings. The van der Waals surface area contributed by atoms with Gasteiger partial charge < -0.3 is 14.2 Å². The Kier molecular flexibility index (Phi) is 5.41. The summed E-state index contributed by atoms with van der Waals surface area (Å²) in [6, 6.07) is 13.3. The molecule has 2 aromatic carbocycles. The molecule has 0 N–H and O–H groups in total. The second-order valence-electron chi connectivity index (χ2n) is 6.05. The summed E-state index contributed by atoms with van der Waals surface area (Å²) >= 11 is 7.90. The third-order valence-electron chi connectivity index (χ3n) is 4.23. The molecule has 1 aliphatic heterocycles. The van der Waals surface area contributed by atoms with Gasteiger partial charge in [-0.2, -0.15) is 0 Å². The first-order valence-electron chi connectivity index (χ1n) is 8.50. The Morgan fingerprint density at radius 3 is 2.93 bits per heavy atom. The van der Waals surface area contributed by atoms with Crippen molar-refractivity contribution in [3.05, 3.63) is 64.8 Å². The van der Waals surface area contributed by atoms with Gasteiger partial charge >= 0.3 is 5.97 Å². The molecule has 142 valence electrons. The zero-order valence-electron chi connectivity index (χ0n) is 15.0. The van der Waals surface area contributed by atoms with Gasteiger partial charge in [-0.3, -0.25) is 0 Å². The molecule has 0 bridgehead atoms. The van der Waals surface area contributed by atoms with Gasteiger partial charge in [0.25, 0.3) is 0 Å². The van der Waals surface area contributed by atoms with Crippen LogP contribution in [0.25, 0.3) is 17.0 Å². The molecule has 0 amide bonds. The maximum atomic E-state index is 12.1. The molecule has 0 saturated heterocycles. The lowest BCUT2D eigenvalue weighted by molar-refractivity contribution is -0.138. The molecule has 28 heavy (non-hydrogen) atoms. The Morgan fingerprint density at radius 1 is 1.21 bits per heavy atom. The number of aromatic nitrogens is 1. The largest absolute Gasteiger partial charge is 0.458 e. The number of pyridine rings is 1. The van der Waals surface area contributed by atoms with E-state index in [0.29, 0.717) is 22.2 Å². The number of hydrogen-bond acceptors (Lipinski definition) is 6. The van der Waals surface area contributed by atoms with Crippen LogP contribution in [-0.2, 0) is 16.1 Å². The van der Waals surface area contributed by atoms with E-state index in [-0.39, 0.29) is 13.4 Å². The van der Waals surface area contributed by atoms with Gasteiger partial charge in [0, 0.05) is 21.9 Å². The summed E-state index contributed by atoms with van der Waals surface area (Å²) in [5.74, 6) is 0.892. The van der Waals surface area contributed by atoms with Gasteiger partial charge in [-0.1, -0.05) is 23.7 Å². The van der Waals surface area contributed by atoms with Gasteiger partial charge in [-0.15, -0.1) is 11.8 Å². The van der Waals surface area contributed by atoms with Gasteiger partial charge in [-0.05, 0) is 48.2 Å². The number of benzene rings is 2. The summed E-state index contributed by atoms with van der Waals surface area (Å²) < 4.78 is 15.9. The lowest BCUT2D eigenvalue weighted by Gasteiger charge is -2.07. The second-order valence-corrected chi connectivity index (χ2v) is 7.29. The number of esters is 1. The van der Waals surface area contributed by atoms with Gasteiger partial charge in [-0.25, -0.2) is 9.78 Å². The summed E-state index contributed by atoms with van der Waals surface area (Å²) in [6.07, 6.45) is 5.03. The van der Waals surface area contributed by atoms with Crippen LogP contribution in [0, 0.1) is 0 Å². The molecule has 0 saturated carbocycles. The van der Waals surface area contributed by atoms with Crippen LogP contribution in [0.4, 0.5) is 0 Å². The third kappa shape index (κ3) is 4.08. The summed E-state index contributed by atoms with van der Waals surface area (Å²) in [7, 11) is 0. The molecule has 5 nitrogen and oxygen atoms in total. The molecule has 1 aliphatic rings. The highest BCUT2D eigenvalue weighted by atomic mass is 35.5. The topological polar surface area (TPSA) is 57.7 Å². The number of nitrogens with zero attached hydrogens (tertiary/aromatic N) is 1. The number of thioether (sulfide) groups is 1. The normalized spacial score (nSPS) is 12.6. The van der Waals surface area contributed by atoms with Crippen molar-refractivity contribution < 1.29 is 19.0 Å². The van der Waals surface area contributed by atoms with E-state index in [1.165, 1.54) is 6.08 Å². The molecule has 0 spiro atoms. The fourth-order valence-corrected chi connectivity index (χ4v) is 3.41. The van der Waals surface area contributed by atoms with Crippen LogP contribution in [0.1, 0.15) is 11.1 Å². The number of rotatable bonds is 5. The molecule has 4 rings (SSSR count). The fraction of sp³-hybridized carbons (Fsp3) is 0.143. The Morgan fingerprint density at radius 2 is 2.07 bits per heavy atom. The van der Waals surface area contributed by atoms with Crippen molar-refractivity contribution in [1.82, 2.24) is 4.98 Å². The van der Waals surface area contributed by atoms with Crippen LogP contribution in [0.2, 0.25) is 5.15 Å². The number of ether oxygens (including phenoxy) is 3. The molecule has 0 unspecified atom stereocenters. The Hall–Kier alpha value is -2.70. The maximum Gasteiger partial charge on any atom is 0.331 e.